The number of fused-ring (bicyclic) bond motifs is 1. The van der Waals surface area contributed by atoms with Crippen molar-refractivity contribution >= 4 is 22.5 Å². The topological polar surface area (TPSA) is 67.0 Å². The lowest BCUT2D eigenvalue weighted by molar-refractivity contribution is 0.102. The van der Waals surface area contributed by atoms with Crippen LogP contribution in [-0.2, 0) is 0 Å². The van der Waals surface area contributed by atoms with Crippen LogP contribution in [0.2, 0.25) is 0 Å². The molecule has 1 aromatic heterocycles. The van der Waals surface area contributed by atoms with Gasteiger partial charge in [-0.1, -0.05) is 36.9 Å². The highest BCUT2D eigenvalue weighted by Crippen LogP contribution is 2.20. The molecule has 3 rings (SSSR count). The molecule has 22 heavy (non-hydrogen) atoms. The monoisotopic (exact) mass is 293 g/mol. The number of aromatic amines is 1. The Bertz CT molecular complexity index is 823. The molecule has 0 saturated carbocycles. The predicted molar refractivity (Wildman–Crippen MR) is 86.2 cm³/mol. The highest BCUT2D eigenvalue weighted by atomic mass is 16.5. The Labute approximate surface area is 127 Å². The summed E-state index contributed by atoms with van der Waals surface area (Å²) in [7, 11) is 0. The summed E-state index contributed by atoms with van der Waals surface area (Å²) in [6.07, 6.45) is 1.67. The van der Waals surface area contributed by atoms with E-state index in [2.05, 4.69) is 22.1 Å². The van der Waals surface area contributed by atoms with Crippen LogP contribution in [0, 0.1) is 0 Å². The normalized spacial score (nSPS) is 10.4. The van der Waals surface area contributed by atoms with Gasteiger partial charge in [-0.2, -0.15) is 5.10 Å². The highest BCUT2D eigenvalue weighted by molar-refractivity contribution is 6.11. The largest absolute Gasteiger partial charge is 0.489 e. The van der Waals surface area contributed by atoms with Crippen molar-refractivity contribution in [3.05, 3.63) is 66.9 Å². The number of nitrogens with zero attached hydrogens (tertiary/aromatic N) is 1. The van der Waals surface area contributed by atoms with E-state index in [1.807, 2.05) is 36.4 Å². The van der Waals surface area contributed by atoms with E-state index in [-0.39, 0.29) is 5.91 Å². The lowest BCUT2D eigenvalue weighted by Gasteiger charge is -2.07. The molecular formula is C17H15N3O2. The number of aromatic nitrogens is 2. The van der Waals surface area contributed by atoms with Crippen molar-refractivity contribution in [3.8, 4) is 5.75 Å². The first-order chi connectivity index (χ1) is 10.8. The van der Waals surface area contributed by atoms with E-state index in [1.165, 1.54) is 0 Å². The summed E-state index contributed by atoms with van der Waals surface area (Å²) in [5.41, 5.74) is 1.85. The fourth-order valence-electron chi connectivity index (χ4n) is 2.15. The molecule has 0 aliphatic rings. The average Bonchev–Trinajstić information content (AvgIpc) is 2.97. The second-order valence-electron chi connectivity index (χ2n) is 4.70. The number of rotatable bonds is 5. The molecule has 0 unspecified atom stereocenters. The van der Waals surface area contributed by atoms with Crippen LogP contribution in [0.4, 0.5) is 5.69 Å². The smallest absolute Gasteiger partial charge is 0.276 e. The number of carbonyl (C=O) groups excluding carboxylic acids is 1. The van der Waals surface area contributed by atoms with Gasteiger partial charge >= 0.3 is 0 Å². The fourth-order valence-corrected chi connectivity index (χ4v) is 2.15. The van der Waals surface area contributed by atoms with Gasteiger partial charge in [-0.05, 0) is 18.2 Å². The molecule has 0 spiro atoms. The van der Waals surface area contributed by atoms with Crippen LogP contribution in [0.25, 0.3) is 10.9 Å². The van der Waals surface area contributed by atoms with E-state index in [0.29, 0.717) is 23.7 Å². The summed E-state index contributed by atoms with van der Waals surface area (Å²) < 4.78 is 5.45. The number of anilines is 1. The van der Waals surface area contributed by atoms with Crippen molar-refractivity contribution in [3.63, 3.8) is 0 Å². The zero-order valence-corrected chi connectivity index (χ0v) is 11.9. The Balaban J connectivity index is 1.80. The molecule has 0 saturated heterocycles. The molecule has 1 heterocycles. The molecule has 0 radical (unpaired) electrons. The summed E-state index contributed by atoms with van der Waals surface area (Å²) >= 11 is 0. The van der Waals surface area contributed by atoms with Crippen molar-refractivity contribution in [2.24, 2.45) is 0 Å². The maximum atomic E-state index is 12.4. The Morgan fingerprint density at radius 2 is 2.14 bits per heavy atom. The third-order valence-corrected chi connectivity index (χ3v) is 3.15. The van der Waals surface area contributed by atoms with Crippen molar-refractivity contribution < 1.29 is 9.53 Å². The quantitative estimate of drug-likeness (QED) is 0.709. The van der Waals surface area contributed by atoms with Gasteiger partial charge in [0.15, 0.2) is 5.69 Å². The molecule has 5 nitrogen and oxygen atoms in total. The number of hydrogen-bond donors (Lipinski definition) is 2. The summed E-state index contributed by atoms with van der Waals surface area (Å²) in [4.78, 5) is 12.4. The second-order valence-corrected chi connectivity index (χ2v) is 4.70. The third-order valence-electron chi connectivity index (χ3n) is 3.15. The first-order valence-electron chi connectivity index (χ1n) is 6.86. The van der Waals surface area contributed by atoms with Gasteiger partial charge in [0.25, 0.3) is 5.91 Å². The number of nitrogens with one attached hydrogen (secondary N) is 2. The van der Waals surface area contributed by atoms with E-state index in [4.69, 9.17) is 4.74 Å². The lowest BCUT2D eigenvalue weighted by Crippen LogP contribution is -2.12. The van der Waals surface area contributed by atoms with Gasteiger partial charge in [0.1, 0.15) is 12.4 Å². The second kappa shape index (κ2) is 6.13. The minimum absolute atomic E-state index is 0.265. The Morgan fingerprint density at radius 1 is 1.27 bits per heavy atom. The van der Waals surface area contributed by atoms with Gasteiger partial charge < -0.3 is 10.1 Å². The summed E-state index contributed by atoms with van der Waals surface area (Å²) in [5, 5.41) is 10.5. The van der Waals surface area contributed by atoms with Crippen molar-refractivity contribution in [1.29, 1.82) is 0 Å². The molecule has 110 valence electrons. The molecule has 3 aromatic rings. The van der Waals surface area contributed by atoms with Gasteiger partial charge in [-0.25, -0.2) is 0 Å². The third kappa shape index (κ3) is 2.83. The summed E-state index contributed by atoms with van der Waals surface area (Å²) in [6, 6.07) is 14.7. The van der Waals surface area contributed by atoms with E-state index in [0.717, 1.165) is 10.9 Å². The zero-order valence-electron chi connectivity index (χ0n) is 11.9. The van der Waals surface area contributed by atoms with Crippen LogP contribution >= 0.6 is 0 Å². The van der Waals surface area contributed by atoms with Gasteiger partial charge in [0, 0.05) is 17.1 Å². The average molecular weight is 293 g/mol. The first-order valence-corrected chi connectivity index (χ1v) is 6.86. The van der Waals surface area contributed by atoms with Crippen molar-refractivity contribution in [2.45, 2.75) is 0 Å². The number of ether oxygens (including phenoxy) is 1. The van der Waals surface area contributed by atoms with Crippen LogP contribution in [0.15, 0.2) is 61.2 Å². The summed E-state index contributed by atoms with van der Waals surface area (Å²) in [6.45, 7) is 4.02. The van der Waals surface area contributed by atoms with Crippen molar-refractivity contribution in [1.82, 2.24) is 10.2 Å². The van der Waals surface area contributed by atoms with E-state index < -0.39 is 0 Å². The van der Waals surface area contributed by atoms with E-state index in [9.17, 15) is 4.79 Å². The number of H-pyrrole nitrogens is 1. The SMILES string of the molecule is C=CCOc1cccc(NC(=O)c2n[nH]c3ccccc23)c1. The van der Waals surface area contributed by atoms with Gasteiger partial charge in [-0.15, -0.1) is 0 Å². The molecule has 0 atom stereocenters. The predicted octanol–water partition coefficient (Wildman–Crippen LogP) is 3.38. The molecule has 0 aliphatic carbocycles. The maximum absolute atomic E-state index is 12.4. The summed E-state index contributed by atoms with van der Waals surface area (Å²) in [5.74, 6) is 0.405. The number of benzene rings is 2. The van der Waals surface area contributed by atoms with Crippen LogP contribution in [-0.4, -0.2) is 22.7 Å². The molecule has 0 fully saturated rings. The highest BCUT2D eigenvalue weighted by Gasteiger charge is 2.14. The minimum atomic E-state index is -0.265. The fraction of sp³-hybridized carbons (Fsp3) is 0.0588. The molecule has 2 aromatic carbocycles. The van der Waals surface area contributed by atoms with E-state index >= 15 is 0 Å². The molecule has 1 amide bonds. The number of carbonyl (C=O) groups is 1. The van der Waals surface area contributed by atoms with Gasteiger partial charge in [0.05, 0.1) is 5.52 Å². The van der Waals surface area contributed by atoms with E-state index in [1.54, 1.807) is 18.2 Å². The minimum Gasteiger partial charge on any atom is -0.489 e. The zero-order chi connectivity index (χ0) is 15.4. The number of para-hydroxylation sites is 1. The van der Waals surface area contributed by atoms with Gasteiger partial charge in [0.2, 0.25) is 0 Å². The Morgan fingerprint density at radius 3 is 3.00 bits per heavy atom. The molecular weight excluding hydrogens is 278 g/mol. The first kappa shape index (κ1) is 13.9. The lowest BCUT2D eigenvalue weighted by atomic mass is 10.2. The Hall–Kier alpha value is -3.08. The van der Waals surface area contributed by atoms with Crippen LogP contribution in [0.1, 0.15) is 10.5 Å². The molecule has 5 heteroatoms. The van der Waals surface area contributed by atoms with Crippen LogP contribution in [0.3, 0.4) is 0 Å². The van der Waals surface area contributed by atoms with Crippen LogP contribution < -0.4 is 10.1 Å². The van der Waals surface area contributed by atoms with Crippen molar-refractivity contribution in [2.75, 3.05) is 11.9 Å². The van der Waals surface area contributed by atoms with Gasteiger partial charge in [-0.3, -0.25) is 9.89 Å². The standard InChI is InChI=1S/C17H15N3O2/c1-2-10-22-13-7-5-6-12(11-13)18-17(21)16-14-8-3-4-9-15(14)19-20-16/h2-9,11H,1,10H2,(H,18,21)(H,19,20). The number of amides is 1. The number of hydrogen-bond acceptors (Lipinski definition) is 3. The molecule has 2 N–H and O–H groups in total. The molecule has 0 bridgehead atoms. The Kier molecular flexibility index (Phi) is 3.87. The maximum Gasteiger partial charge on any atom is 0.276 e. The van der Waals surface area contributed by atoms with Crippen LogP contribution in [0.5, 0.6) is 5.75 Å². The molecule has 0 aliphatic heterocycles.